The Hall–Kier alpha value is -10.7. The summed E-state index contributed by atoms with van der Waals surface area (Å²) in [5.74, 6) is 4.46. The maximum Gasteiger partial charge on any atom is 0.251 e. The van der Waals surface area contributed by atoms with E-state index in [1.807, 2.05) is 73.2 Å². The summed E-state index contributed by atoms with van der Waals surface area (Å²) in [6, 6.07) is 32.8. The molecule has 3 atom stereocenters. The highest BCUT2D eigenvalue weighted by Gasteiger charge is 2.24. The minimum absolute atomic E-state index is 0. The molecule has 9 aromatic heterocycles. The van der Waals surface area contributed by atoms with Crippen LogP contribution < -0.4 is 31.9 Å². The van der Waals surface area contributed by atoms with Crippen molar-refractivity contribution in [3.63, 3.8) is 0 Å². The van der Waals surface area contributed by atoms with Gasteiger partial charge in [0.15, 0.2) is 0 Å². The zero-order chi connectivity index (χ0) is 70.5. The zero-order valence-corrected chi connectivity index (χ0v) is 60.7. The summed E-state index contributed by atoms with van der Waals surface area (Å²) < 4.78 is 16.2. The van der Waals surface area contributed by atoms with Crippen molar-refractivity contribution in [2.45, 2.75) is 95.8 Å². The van der Waals surface area contributed by atoms with E-state index < -0.39 is 0 Å². The van der Waals surface area contributed by atoms with E-state index in [1.165, 1.54) is 50.5 Å². The van der Waals surface area contributed by atoms with E-state index in [2.05, 4.69) is 147 Å². The molecule has 102 heavy (non-hydrogen) atoms. The first-order chi connectivity index (χ1) is 49.2. The molecule has 3 amide bonds. The number of hydrogen-bond donors (Lipinski definition) is 6. The van der Waals surface area contributed by atoms with Crippen LogP contribution in [-0.4, -0.2) is 128 Å². The van der Waals surface area contributed by atoms with E-state index in [9.17, 15) is 14.4 Å². The molecule has 2 aliphatic rings. The van der Waals surface area contributed by atoms with E-state index in [4.69, 9.17) is 2.74 Å². The predicted octanol–water partition coefficient (Wildman–Crippen LogP) is 13.0. The average Bonchev–Trinajstić information content (AvgIpc) is 0.795. The number of benzene rings is 3. The quantitative estimate of drug-likeness (QED) is 0.0413. The smallest absolute Gasteiger partial charge is 0.251 e. The maximum absolute atomic E-state index is 12.3. The molecule has 0 aliphatic heterocycles. The largest absolute Gasteiger partial charge is 0.369 e. The van der Waals surface area contributed by atoms with Crippen molar-refractivity contribution >= 4 is 108 Å². The van der Waals surface area contributed by atoms with Gasteiger partial charge < -0.3 is 31.9 Å². The highest BCUT2D eigenvalue weighted by molar-refractivity contribution is 7.59. The predicted molar refractivity (Wildman–Crippen MR) is 417 cm³/mol. The molecule has 23 nitrogen and oxygen atoms in total. The second kappa shape index (κ2) is 35.6. The number of pyridine rings is 4. The first-order valence-electron chi connectivity index (χ1n) is 34.2. The highest BCUT2D eigenvalue weighted by Crippen LogP contribution is 2.37. The summed E-state index contributed by atoms with van der Waals surface area (Å²) in [6.07, 6.45) is 22.5. The molecule has 14 rings (SSSR count). The van der Waals surface area contributed by atoms with Gasteiger partial charge in [-0.15, -0.1) is 0 Å². The minimum Gasteiger partial charge on any atom is -0.369 e. The fourth-order valence-electron chi connectivity index (χ4n) is 12.0. The van der Waals surface area contributed by atoms with Crippen molar-refractivity contribution in [2.24, 2.45) is 0 Å². The Labute approximate surface area is 616 Å². The van der Waals surface area contributed by atoms with Crippen molar-refractivity contribution in [3.05, 3.63) is 222 Å². The molecule has 2 aliphatic carbocycles. The van der Waals surface area contributed by atoms with Crippen molar-refractivity contribution in [2.75, 3.05) is 56.7 Å². The molecule has 0 unspecified atom stereocenters. The summed E-state index contributed by atoms with van der Waals surface area (Å²) >= 11 is 0. The fourth-order valence-corrected chi connectivity index (χ4v) is 12.0. The molecule has 9 heterocycles. The maximum atomic E-state index is 12.3. The minimum atomic E-state index is -0.151. The molecule has 0 spiro atoms. The Balaban J connectivity index is 0.000000178. The van der Waals surface area contributed by atoms with Gasteiger partial charge in [0, 0.05) is 177 Å². The van der Waals surface area contributed by atoms with Crippen LogP contribution in [0.15, 0.2) is 172 Å². The van der Waals surface area contributed by atoms with Crippen LogP contribution in [0, 0.1) is 6.92 Å². The lowest BCUT2D eigenvalue weighted by Gasteiger charge is -2.24. The van der Waals surface area contributed by atoms with Gasteiger partial charge in [0.25, 0.3) is 17.7 Å². The Bertz CT molecular complexity index is 4760. The third kappa shape index (κ3) is 17.7. The number of para-hydroxylation sites is 3. The van der Waals surface area contributed by atoms with Crippen molar-refractivity contribution in [3.8, 4) is 33.8 Å². The van der Waals surface area contributed by atoms with Crippen molar-refractivity contribution in [1.82, 2.24) is 85.7 Å². The summed E-state index contributed by atoms with van der Waals surface area (Å²) in [6.45, 7) is 9.85. The molecular formula is C76H84N20O3S3. The van der Waals surface area contributed by atoms with Gasteiger partial charge in [0.05, 0.1) is 53.1 Å². The molecule has 524 valence electrons. The van der Waals surface area contributed by atoms with E-state index in [-0.39, 0.29) is 93.9 Å². The topological polar surface area (TPSA) is 304 Å². The Morgan fingerprint density at radius 3 is 1.16 bits per heavy atom. The SMILES string of the molecule is CNC(=O)c1ccnc2c([C@H](C)CNc3cc(-c4ccc(C5CCC5)nc4)ncn3)cccc12.CNC(=O)c1ccnc2c([C@H](C)CNc3cc(-c4cnc(C5CCC5)nc4)ncn3)cccc12.S.S.S.[2H]c1nc(C)nc([2H])c1-c1cc(NC[C@@H](C)c2cccc3c(C(=O)NC)ccnc23)ncn1. The molecule has 26 heteroatoms. The monoisotopic (exact) mass is 1420 g/mol. The number of nitrogens with zero attached hydrogens (tertiary/aromatic N) is 14. The summed E-state index contributed by atoms with van der Waals surface area (Å²) in [5, 5.41) is 20.7. The number of rotatable bonds is 20. The number of aromatic nitrogens is 14. The van der Waals surface area contributed by atoms with Crippen LogP contribution >= 0.6 is 40.5 Å². The summed E-state index contributed by atoms with van der Waals surface area (Å²) in [4.78, 5) is 98.3. The highest BCUT2D eigenvalue weighted by atomic mass is 32.1. The van der Waals surface area contributed by atoms with Crippen LogP contribution in [0.4, 0.5) is 17.5 Å². The van der Waals surface area contributed by atoms with E-state index in [0.717, 1.165) is 89.4 Å². The van der Waals surface area contributed by atoms with Crippen molar-refractivity contribution < 1.29 is 17.1 Å². The van der Waals surface area contributed by atoms with Gasteiger partial charge in [-0.05, 0) is 79.6 Å². The number of hydrogen-bond acceptors (Lipinski definition) is 20. The molecule has 6 N–H and O–H groups in total. The summed E-state index contributed by atoms with van der Waals surface area (Å²) in [7, 11) is 4.88. The lowest BCUT2D eigenvalue weighted by atomic mass is 9.82. The van der Waals surface area contributed by atoms with Crippen LogP contribution in [0.3, 0.4) is 0 Å². The van der Waals surface area contributed by atoms with Gasteiger partial charge in [-0.3, -0.25) is 34.3 Å². The molecule has 2 saturated carbocycles. The Morgan fingerprint density at radius 1 is 0.431 bits per heavy atom. The summed E-state index contributed by atoms with van der Waals surface area (Å²) in [5.41, 5.74) is 12.8. The number of anilines is 3. The molecule has 2 fully saturated rings. The van der Waals surface area contributed by atoms with E-state index in [1.54, 1.807) is 83.6 Å². The second-order valence-corrected chi connectivity index (χ2v) is 24.7. The average molecular weight is 1420 g/mol. The molecule has 0 bridgehead atoms. The number of carbonyl (C=O) groups excluding carboxylic acids is 3. The number of nitrogens with one attached hydrogen (secondary N) is 6. The third-order valence-corrected chi connectivity index (χ3v) is 18.1. The van der Waals surface area contributed by atoms with Gasteiger partial charge in [-0.1, -0.05) is 88.2 Å². The molecule has 0 radical (unpaired) electrons. The van der Waals surface area contributed by atoms with Gasteiger partial charge in [-0.2, -0.15) is 40.5 Å². The third-order valence-electron chi connectivity index (χ3n) is 18.1. The number of aryl methyl sites for hydroxylation is 1. The van der Waals surface area contributed by atoms with Gasteiger partial charge >= 0.3 is 0 Å². The molecule has 0 saturated heterocycles. The van der Waals surface area contributed by atoms with Crippen LogP contribution in [0.5, 0.6) is 0 Å². The fraction of sp³-hybridized carbons (Fsp3) is 0.276. The van der Waals surface area contributed by atoms with E-state index >= 15 is 0 Å². The molecule has 3 aromatic carbocycles. The number of fused-ring (bicyclic) bond motifs is 3. The van der Waals surface area contributed by atoms with Gasteiger partial charge in [0.1, 0.15) is 48.1 Å². The van der Waals surface area contributed by atoms with Crippen molar-refractivity contribution in [1.29, 1.82) is 0 Å². The van der Waals surface area contributed by atoms with Crippen LogP contribution in [0.25, 0.3) is 66.5 Å². The molecule has 12 aromatic rings. The second-order valence-electron chi connectivity index (χ2n) is 24.7. The zero-order valence-electron chi connectivity index (χ0n) is 59.7. The first-order valence-corrected chi connectivity index (χ1v) is 33.2. The number of carbonyl (C=O) groups is 3. The Morgan fingerprint density at radius 2 is 0.804 bits per heavy atom. The lowest BCUT2D eigenvalue weighted by molar-refractivity contribution is 0.0956. The van der Waals surface area contributed by atoms with Gasteiger partial charge in [0.2, 0.25) is 0 Å². The lowest BCUT2D eigenvalue weighted by Crippen LogP contribution is -2.18. The van der Waals surface area contributed by atoms with E-state index in [0.29, 0.717) is 65.5 Å². The van der Waals surface area contributed by atoms with Crippen LogP contribution in [0.1, 0.15) is 157 Å². The first kappa shape index (κ1) is 72.5. The molecular weight excluding hydrogens is 1340 g/mol. The van der Waals surface area contributed by atoms with Crippen LogP contribution in [-0.2, 0) is 0 Å². The van der Waals surface area contributed by atoms with Gasteiger partial charge in [-0.25, -0.2) is 49.8 Å². The number of amides is 3. The van der Waals surface area contributed by atoms with Crippen LogP contribution in [0.2, 0.25) is 0 Å². The normalized spacial score (nSPS) is 13.5. The standard InChI is InChI=1S/C27H28N6O.C26H27N7O.C23H23N7O.3H2S/c1-17(20-7-4-8-21-22(27(34)28-2)11-12-29-26(20)21)14-31-25-13-24(32-16-33-25)19-9-10-23(30-15-19)18-5-3-6-18;1-16(19-7-4-8-20-21(26(34)27-2)9-10-28-24(19)20)12-29-23-11-22(32-15-33-23)18-13-30-25(31-14-18)17-5-3-6-17;1-14(17-5-4-6-18-19(23(31)24-3)7-8-25-22(17)18)10-28-21-9-20(29-13-30-21)16-11-26-15(2)27-12-16;;;/h4,7-13,15-18H,3,5-6,14H2,1-2H3,(H,28,34)(H,31,32,33);4,7-11,13-17H,3,5-6,12H2,1-2H3,(H,27,34)(H,29,32,33);4-9,11-14H,10H2,1-3H3,(H,24,31)(H,28,29,30);3*1H2/t17-;16-;14-;;;/m111.../s1/i;;11D,12D;;;. The Kier molecular flexibility index (Phi) is 25.3.